The van der Waals surface area contributed by atoms with Crippen LogP contribution in [0.4, 0.5) is 22.0 Å². The zero-order valence-corrected chi connectivity index (χ0v) is 12.0. The van der Waals surface area contributed by atoms with Gasteiger partial charge in [0, 0.05) is 0 Å². The minimum absolute atomic E-state index is 0.0880. The summed E-state index contributed by atoms with van der Waals surface area (Å²) in [6, 6.07) is 8.38. The molecule has 0 atom stereocenters. The molecule has 2 rings (SSSR count). The van der Waals surface area contributed by atoms with Gasteiger partial charge in [0.2, 0.25) is 0 Å². The molecule has 0 nitrogen and oxygen atoms in total. The van der Waals surface area contributed by atoms with E-state index < -0.39 is 23.4 Å². The molecule has 0 saturated heterocycles. The van der Waals surface area contributed by atoms with Gasteiger partial charge in [0.1, 0.15) is 17.2 Å². The summed E-state index contributed by atoms with van der Waals surface area (Å²) >= 11 is 0. The summed E-state index contributed by atoms with van der Waals surface area (Å²) in [6.07, 6.45) is -2.07. The van der Waals surface area contributed by atoms with Gasteiger partial charge in [-0.2, -0.15) is 13.2 Å². The van der Waals surface area contributed by atoms with E-state index in [4.69, 9.17) is 0 Å². The quantitative estimate of drug-likeness (QED) is 0.608. The maximum absolute atomic E-state index is 13.6. The molecule has 0 radical (unpaired) electrons. The predicted octanol–water partition coefficient (Wildman–Crippen LogP) is 5.99. The van der Waals surface area contributed by atoms with Crippen molar-refractivity contribution in [2.45, 2.75) is 32.4 Å². The van der Waals surface area contributed by atoms with Crippen LogP contribution < -0.4 is 0 Å². The minimum atomic E-state index is -5.04. The van der Waals surface area contributed by atoms with E-state index >= 15 is 0 Å². The van der Waals surface area contributed by atoms with Gasteiger partial charge in [-0.25, -0.2) is 8.78 Å². The summed E-state index contributed by atoms with van der Waals surface area (Å²) in [4.78, 5) is 0. The predicted molar refractivity (Wildman–Crippen MR) is 75.4 cm³/mol. The molecule has 5 heteroatoms. The van der Waals surface area contributed by atoms with Crippen LogP contribution >= 0.6 is 0 Å². The van der Waals surface area contributed by atoms with E-state index in [1.54, 1.807) is 12.1 Å². The molecule has 0 fully saturated rings. The minimum Gasteiger partial charge on any atom is -0.206 e. The molecule has 2 aromatic carbocycles. The Morgan fingerprint density at radius 3 is 1.86 bits per heavy atom. The normalized spacial score (nSPS) is 11.7. The summed E-state index contributed by atoms with van der Waals surface area (Å²) in [5.74, 6) is -3.20. The van der Waals surface area contributed by atoms with Crippen molar-refractivity contribution in [3.63, 3.8) is 0 Å². The van der Waals surface area contributed by atoms with Crippen molar-refractivity contribution >= 4 is 0 Å². The zero-order valence-electron chi connectivity index (χ0n) is 12.0. The highest BCUT2D eigenvalue weighted by molar-refractivity contribution is 5.64. The van der Waals surface area contributed by atoms with Crippen molar-refractivity contribution in [3.05, 3.63) is 59.2 Å². The van der Waals surface area contributed by atoms with Gasteiger partial charge >= 0.3 is 6.18 Å². The van der Waals surface area contributed by atoms with Gasteiger partial charge < -0.3 is 0 Å². The molecule has 0 unspecified atom stereocenters. The molecule has 0 aromatic heterocycles. The van der Waals surface area contributed by atoms with E-state index in [1.807, 2.05) is 12.1 Å². The lowest BCUT2D eigenvalue weighted by Gasteiger charge is -2.11. The van der Waals surface area contributed by atoms with Crippen molar-refractivity contribution in [1.82, 2.24) is 0 Å². The van der Waals surface area contributed by atoms with Gasteiger partial charge in [-0.05, 0) is 41.7 Å². The first-order chi connectivity index (χ1) is 10.3. The van der Waals surface area contributed by atoms with Crippen LogP contribution in [0.2, 0.25) is 0 Å². The van der Waals surface area contributed by atoms with Gasteiger partial charge in [0.25, 0.3) is 0 Å². The van der Waals surface area contributed by atoms with Crippen LogP contribution in [0, 0.1) is 11.6 Å². The summed E-state index contributed by atoms with van der Waals surface area (Å²) in [5, 5.41) is 0. The van der Waals surface area contributed by atoms with Crippen LogP contribution in [0.15, 0.2) is 36.4 Å². The van der Waals surface area contributed by atoms with Crippen LogP contribution in [-0.4, -0.2) is 0 Å². The van der Waals surface area contributed by atoms with Crippen molar-refractivity contribution in [2.24, 2.45) is 0 Å². The average Bonchev–Trinajstić information content (AvgIpc) is 2.43. The fourth-order valence-electron chi connectivity index (χ4n) is 2.26. The third-order valence-corrected chi connectivity index (χ3v) is 3.43. The first kappa shape index (κ1) is 16.5. The molecular weight excluding hydrogens is 299 g/mol. The number of aryl methyl sites for hydroxylation is 1. The lowest BCUT2D eigenvalue weighted by molar-refractivity contribution is -0.142. The van der Waals surface area contributed by atoms with E-state index in [-0.39, 0.29) is 5.56 Å². The summed E-state index contributed by atoms with van der Waals surface area (Å²) in [7, 11) is 0. The Hall–Kier alpha value is -1.91. The molecule has 118 valence electrons. The Morgan fingerprint density at radius 1 is 0.864 bits per heavy atom. The number of alkyl halides is 3. The summed E-state index contributed by atoms with van der Waals surface area (Å²) in [5.41, 5.74) is -0.203. The molecule has 0 amide bonds. The third kappa shape index (κ3) is 3.64. The van der Waals surface area contributed by atoms with Gasteiger partial charge in [-0.15, -0.1) is 0 Å². The van der Waals surface area contributed by atoms with Gasteiger partial charge in [-0.3, -0.25) is 0 Å². The van der Waals surface area contributed by atoms with E-state index in [2.05, 4.69) is 6.92 Å². The van der Waals surface area contributed by atoms with Crippen LogP contribution in [0.25, 0.3) is 11.1 Å². The number of hydrogen-bond acceptors (Lipinski definition) is 0. The van der Waals surface area contributed by atoms with E-state index in [1.165, 1.54) is 0 Å². The monoisotopic (exact) mass is 314 g/mol. The molecule has 2 aromatic rings. The van der Waals surface area contributed by atoms with E-state index in [0.717, 1.165) is 24.8 Å². The topological polar surface area (TPSA) is 0 Å². The molecule has 0 spiro atoms. The Bertz CT molecular complexity index is 618. The molecule has 0 aliphatic rings. The second-order valence-electron chi connectivity index (χ2n) is 5.11. The van der Waals surface area contributed by atoms with Crippen LogP contribution in [0.5, 0.6) is 0 Å². The van der Waals surface area contributed by atoms with Gasteiger partial charge in [-0.1, -0.05) is 37.6 Å². The maximum Gasteiger partial charge on any atom is 0.422 e. The van der Waals surface area contributed by atoms with E-state index in [9.17, 15) is 22.0 Å². The lowest BCUT2D eigenvalue weighted by atomic mass is 10.00. The molecular formula is C17H15F5. The van der Waals surface area contributed by atoms with Crippen molar-refractivity contribution < 1.29 is 22.0 Å². The molecule has 22 heavy (non-hydrogen) atoms. The van der Waals surface area contributed by atoms with Crippen LogP contribution in [0.1, 0.15) is 30.9 Å². The molecule has 0 aliphatic heterocycles. The highest BCUT2D eigenvalue weighted by atomic mass is 19.4. The van der Waals surface area contributed by atoms with E-state index in [0.29, 0.717) is 17.7 Å². The first-order valence-electron chi connectivity index (χ1n) is 6.98. The van der Waals surface area contributed by atoms with Gasteiger partial charge in [0.05, 0.1) is 0 Å². The second-order valence-corrected chi connectivity index (χ2v) is 5.11. The Kier molecular flexibility index (Phi) is 4.84. The van der Waals surface area contributed by atoms with Crippen LogP contribution in [-0.2, 0) is 12.6 Å². The number of benzene rings is 2. The molecule has 0 aliphatic carbocycles. The number of halogens is 5. The standard InChI is InChI=1S/C17H15F5/c1-2-3-4-11-5-7-12(8-6-11)13-9-14(18)16(15(19)10-13)17(20,21)22/h5-10H,2-4H2,1H3. The van der Waals surface area contributed by atoms with Crippen LogP contribution in [0.3, 0.4) is 0 Å². The average molecular weight is 314 g/mol. The smallest absolute Gasteiger partial charge is 0.206 e. The molecule has 0 N–H and O–H groups in total. The largest absolute Gasteiger partial charge is 0.422 e. The fraction of sp³-hybridized carbons (Fsp3) is 0.294. The Balaban J connectivity index is 2.34. The second kappa shape index (κ2) is 6.46. The highest BCUT2D eigenvalue weighted by Gasteiger charge is 2.37. The summed E-state index contributed by atoms with van der Waals surface area (Å²) in [6.45, 7) is 2.07. The number of rotatable bonds is 4. The molecule has 0 saturated carbocycles. The van der Waals surface area contributed by atoms with Crippen molar-refractivity contribution in [1.29, 1.82) is 0 Å². The summed E-state index contributed by atoms with van der Waals surface area (Å²) < 4.78 is 64.8. The van der Waals surface area contributed by atoms with Gasteiger partial charge in [0.15, 0.2) is 0 Å². The fourth-order valence-corrected chi connectivity index (χ4v) is 2.26. The Labute approximate surface area is 125 Å². The third-order valence-electron chi connectivity index (χ3n) is 3.43. The van der Waals surface area contributed by atoms with Crippen molar-refractivity contribution in [2.75, 3.05) is 0 Å². The number of hydrogen-bond donors (Lipinski definition) is 0. The van der Waals surface area contributed by atoms with Crippen molar-refractivity contribution in [3.8, 4) is 11.1 Å². The highest BCUT2D eigenvalue weighted by Crippen LogP contribution is 2.35. The first-order valence-corrected chi connectivity index (χ1v) is 6.98. The molecule has 0 heterocycles. The maximum atomic E-state index is 13.6. The Morgan fingerprint density at radius 2 is 1.41 bits per heavy atom. The molecule has 0 bridgehead atoms. The lowest BCUT2D eigenvalue weighted by Crippen LogP contribution is -2.11. The number of unbranched alkanes of at least 4 members (excludes halogenated alkanes) is 1. The zero-order chi connectivity index (χ0) is 16.3. The SMILES string of the molecule is CCCCc1ccc(-c2cc(F)c(C(F)(F)F)c(F)c2)cc1.